The highest BCUT2D eigenvalue weighted by Crippen LogP contribution is 2.21. The van der Waals surface area contributed by atoms with Gasteiger partial charge in [0, 0.05) is 58.2 Å². The number of hydrogen-bond donors (Lipinski definition) is 1. The van der Waals surface area contributed by atoms with Gasteiger partial charge in [-0.2, -0.15) is 5.10 Å². The Morgan fingerprint density at radius 3 is 2.64 bits per heavy atom. The van der Waals surface area contributed by atoms with Crippen LogP contribution in [0.2, 0.25) is 0 Å². The van der Waals surface area contributed by atoms with E-state index < -0.39 is 0 Å². The summed E-state index contributed by atoms with van der Waals surface area (Å²) in [4.78, 5) is 21.6. The molecule has 1 amide bonds. The van der Waals surface area contributed by atoms with Crippen LogP contribution in [0.25, 0.3) is 0 Å². The Kier molecular flexibility index (Phi) is 7.08. The fourth-order valence-corrected chi connectivity index (χ4v) is 4.56. The van der Waals surface area contributed by atoms with Crippen LogP contribution in [0.3, 0.4) is 0 Å². The predicted molar refractivity (Wildman–Crippen MR) is 132 cm³/mol. The van der Waals surface area contributed by atoms with Crippen LogP contribution >= 0.6 is 0 Å². The lowest BCUT2D eigenvalue weighted by atomic mass is 10.0. The first-order valence-electron chi connectivity index (χ1n) is 11.7. The van der Waals surface area contributed by atoms with Gasteiger partial charge in [0.2, 0.25) is 0 Å². The number of hydrogen-bond acceptors (Lipinski definition) is 5. The highest BCUT2D eigenvalue weighted by atomic mass is 16.2. The molecule has 1 unspecified atom stereocenters. The van der Waals surface area contributed by atoms with E-state index in [2.05, 4.69) is 51.5 Å². The SMILES string of the molecule is Cc1nn(C)c(C)c1CCCN(C)C(=O)c1ccc(N2CCNC(c3ccccc3)C2)nc1. The van der Waals surface area contributed by atoms with Gasteiger partial charge in [-0.1, -0.05) is 30.3 Å². The minimum absolute atomic E-state index is 0.0103. The van der Waals surface area contributed by atoms with Crippen LogP contribution in [0.5, 0.6) is 0 Å². The van der Waals surface area contributed by atoms with Crippen molar-refractivity contribution in [1.82, 2.24) is 25.0 Å². The van der Waals surface area contributed by atoms with E-state index in [-0.39, 0.29) is 11.9 Å². The molecule has 0 bridgehead atoms. The topological polar surface area (TPSA) is 66.3 Å². The highest BCUT2D eigenvalue weighted by Gasteiger charge is 2.22. The number of piperazine rings is 1. The predicted octanol–water partition coefficient (Wildman–Crippen LogP) is 3.29. The lowest BCUT2D eigenvalue weighted by molar-refractivity contribution is 0.0793. The molecule has 7 heteroatoms. The monoisotopic (exact) mass is 446 g/mol. The smallest absolute Gasteiger partial charge is 0.255 e. The van der Waals surface area contributed by atoms with Gasteiger partial charge in [-0.05, 0) is 49.9 Å². The maximum Gasteiger partial charge on any atom is 0.255 e. The molecule has 1 fully saturated rings. The van der Waals surface area contributed by atoms with Gasteiger partial charge in [0.1, 0.15) is 5.82 Å². The molecule has 3 aromatic rings. The molecular formula is C26H34N6O. The number of benzene rings is 1. The van der Waals surface area contributed by atoms with Crippen molar-refractivity contribution in [1.29, 1.82) is 0 Å². The summed E-state index contributed by atoms with van der Waals surface area (Å²) in [6.45, 7) is 7.50. The first-order chi connectivity index (χ1) is 15.9. The van der Waals surface area contributed by atoms with Crippen LogP contribution in [-0.4, -0.2) is 58.8 Å². The second kappa shape index (κ2) is 10.2. The Hall–Kier alpha value is -3.19. The molecular weight excluding hydrogens is 412 g/mol. The molecule has 1 aromatic carbocycles. The lowest BCUT2D eigenvalue weighted by Gasteiger charge is -2.34. The number of aryl methyl sites for hydroxylation is 2. The Balaban J connectivity index is 1.33. The van der Waals surface area contributed by atoms with Crippen LogP contribution in [0, 0.1) is 13.8 Å². The molecule has 0 radical (unpaired) electrons. The van der Waals surface area contributed by atoms with Gasteiger partial charge in [0.15, 0.2) is 0 Å². The number of rotatable bonds is 7. The van der Waals surface area contributed by atoms with Crippen molar-refractivity contribution in [2.45, 2.75) is 32.7 Å². The Morgan fingerprint density at radius 1 is 1.18 bits per heavy atom. The fraction of sp³-hybridized carbons (Fsp3) is 0.423. The fourth-order valence-electron chi connectivity index (χ4n) is 4.56. The maximum atomic E-state index is 12.9. The van der Waals surface area contributed by atoms with Crippen molar-refractivity contribution < 1.29 is 4.79 Å². The van der Waals surface area contributed by atoms with Gasteiger partial charge in [-0.3, -0.25) is 9.48 Å². The molecule has 3 heterocycles. The van der Waals surface area contributed by atoms with Gasteiger partial charge in [0.25, 0.3) is 5.91 Å². The largest absolute Gasteiger partial charge is 0.353 e. The lowest BCUT2D eigenvalue weighted by Crippen LogP contribution is -2.46. The minimum atomic E-state index is 0.0103. The van der Waals surface area contributed by atoms with E-state index in [4.69, 9.17) is 0 Å². The van der Waals surface area contributed by atoms with Crippen LogP contribution in [0.1, 0.15) is 45.3 Å². The van der Waals surface area contributed by atoms with E-state index in [0.717, 1.165) is 44.0 Å². The van der Waals surface area contributed by atoms with Gasteiger partial charge in [-0.25, -0.2) is 4.98 Å². The number of aromatic nitrogens is 3. The highest BCUT2D eigenvalue weighted by molar-refractivity contribution is 5.93. The molecule has 2 aromatic heterocycles. The zero-order valence-corrected chi connectivity index (χ0v) is 20.1. The molecule has 7 nitrogen and oxygen atoms in total. The summed E-state index contributed by atoms with van der Waals surface area (Å²) in [6, 6.07) is 14.6. The summed E-state index contributed by atoms with van der Waals surface area (Å²) < 4.78 is 1.92. The van der Waals surface area contributed by atoms with Gasteiger partial charge >= 0.3 is 0 Å². The molecule has 0 saturated carbocycles. The summed E-state index contributed by atoms with van der Waals surface area (Å²) in [5.41, 5.74) is 5.47. The number of carbonyl (C=O) groups is 1. The van der Waals surface area contributed by atoms with Crippen molar-refractivity contribution in [3.05, 3.63) is 76.7 Å². The molecule has 1 N–H and O–H groups in total. The zero-order chi connectivity index (χ0) is 23.4. The summed E-state index contributed by atoms with van der Waals surface area (Å²) >= 11 is 0. The van der Waals surface area contributed by atoms with Crippen molar-refractivity contribution in [2.75, 3.05) is 38.1 Å². The third-order valence-corrected chi connectivity index (χ3v) is 6.62. The number of nitrogens with one attached hydrogen (secondary N) is 1. The van der Waals surface area contributed by atoms with Crippen LogP contribution < -0.4 is 10.2 Å². The average molecular weight is 447 g/mol. The molecule has 0 aliphatic carbocycles. The number of nitrogens with zero attached hydrogens (tertiary/aromatic N) is 5. The molecule has 1 atom stereocenters. The minimum Gasteiger partial charge on any atom is -0.353 e. The Labute approximate surface area is 196 Å². The number of amides is 1. The summed E-state index contributed by atoms with van der Waals surface area (Å²) in [5, 5.41) is 8.06. The van der Waals surface area contributed by atoms with E-state index in [1.165, 1.54) is 16.8 Å². The first kappa shape index (κ1) is 23.0. The molecule has 1 aliphatic heterocycles. The van der Waals surface area contributed by atoms with E-state index in [0.29, 0.717) is 12.1 Å². The third-order valence-electron chi connectivity index (χ3n) is 6.62. The molecule has 4 rings (SSSR count). The van der Waals surface area contributed by atoms with Gasteiger partial charge in [-0.15, -0.1) is 0 Å². The molecule has 33 heavy (non-hydrogen) atoms. The Morgan fingerprint density at radius 2 is 1.97 bits per heavy atom. The normalized spacial score (nSPS) is 16.1. The summed E-state index contributed by atoms with van der Waals surface area (Å²) in [7, 11) is 3.83. The van der Waals surface area contributed by atoms with E-state index in [9.17, 15) is 4.79 Å². The molecule has 0 spiro atoms. The van der Waals surface area contributed by atoms with Crippen molar-refractivity contribution in [2.24, 2.45) is 7.05 Å². The van der Waals surface area contributed by atoms with Crippen LogP contribution in [0.4, 0.5) is 5.82 Å². The number of anilines is 1. The van der Waals surface area contributed by atoms with Crippen molar-refractivity contribution >= 4 is 11.7 Å². The number of carbonyl (C=O) groups excluding carboxylic acids is 1. The molecule has 1 aliphatic rings. The van der Waals surface area contributed by atoms with Crippen molar-refractivity contribution in [3.8, 4) is 0 Å². The van der Waals surface area contributed by atoms with E-state index >= 15 is 0 Å². The van der Waals surface area contributed by atoms with Gasteiger partial charge in [0.05, 0.1) is 11.3 Å². The van der Waals surface area contributed by atoms with E-state index in [1.807, 2.05) is 43.9 Å². The molecule has 174 valence electrons. The quantitative estimate of drug-likeness (QED) is 0.603. The third kappa shape index (κ3) is 5.25. The second-order valence-electron chi connectivity index (χ2n) is 8.87. The van der Waals surface area contributed by atoms with Crippen molar-refractivity contribution in [3.63, 3.8) is 0 Å². The number of pyridine rings is 1. The van der Waals surface area contributed by atoms with Crippen LogP contribution in [-0.2, 0) is 13.5 Å². The Bertz CT molecular complexity index is 1080. The second-order valence-corrected chi connectivity index (χ2v) is 8.87. The standard InChI is InChI=1S/C26H34N6O/c1-19-23(20(2)31(4)29-19)11-8-15-30(3)26(33)22-12-13-25(28-17-22)32-16-14-27-24(18-32)21-9-6-5-7-10-21/h5-7,9-10,12-13,17,24,27H,8,11,14-16,18H2,1-4H3. The van der Waals surface area contributed by atoms with E-state index in [1.54, 1.807) is 11.1 Å². The zero-order valence-electron chi connectivity index (χ0n) is 20.1. The summed E-state index contributed by atoms with van der Waals surface area (Å²) in [5.74, 6) is 0.926. The van der Waals surface area contributed by atoms with Crippen LogP contribution in [0.15, 0.2) is 48.7 Å². The van der Waals surface area contributed by atoms with Gasteiger partial charge < -0.3 is 15.1 Å². The summed E-state index contributed by atoms with van der Waals surface area (Å²) in [6.07, 6.45) is 3.54. The average Bonchev–Trinajstić information content (AvgIpc) is 3.10. The first-order valence-corrected chi connectivity index (χ1v) is 11.7. The maximum absolute atomic E-state index is 12.9. The molecule has 1 saturated heterocycles.